The number of benzene rings is 2. The van der Waals surface area contributed by atoms with Crippen LogP contribution in [0.15, 0.2) is 48.5 Å². The summed E-state index contributed by atoms with van der Waals surface area (Å²) < 4.78 is 15.3. The quantitative estimate of drug-likeness (QED) is 0.627. The lowest BCUT2D eigenvalue weighted by molar-refractivity contribution is 0.0599. The molecule has 0 spiro atoms. The van der Waals surface area contributed by atoms with Crippen molar-refractivity contribution >= 4 is 11.9 Å². The number of methoxy groups -OCH3 is 1. The van der Waals surface area contributed by atoms with Gasteiger partial charge in [0.15, 0.2) is 11.5 Å². The van der Waals surface area contributed by atoms with Gasteiger partial charge in [-0.3, -0.25) is 0 Å². The van der Waals surface area contributed by atoms with E-state index in [4.69, 9.17) is 9.47 Å². The minimum absolute atomic E-state index is 0.332. The van der Waals surface area contributed by atoms with Gasteiger partial charge in [0, 0.05) is 0 Å². The van der Waals surface area contributed by atoms with Gasteiger partial charge in [-0.05, 0) is 43.3 Å². The molecule has 0 aliphatic rings. The van der Waals surface area contributed by atoms with Gasteiger partial charge in [-0.15, -0.1) is 0 Å². The van der Waals surface area contributed by atoms with Crippen LogP contribution >= 0.6 is 0 Å². The molecule has 2 rings (SSSR count). The summed E-state index contributed by atoms with van der Waals surface area (Å²) in [5.41, 5.74) is 0.702. The van der Waals surface area contributed by atoms with Crippen molar-refractivity contribution in [3.63, 3.8) is 0 Å². The molecular formula is C17H16O5. The zero-order valence-corrected chi connectivity index (χ0v) is 12.4. The normalized spacial score (nSPS) is 9.91. The van der Waals surface area contributed by atoms with Gasteiger partial charge in [0.2, 0.25) is 0 Å². The van der Waals surface area contributed by atoms with Gasteiger partial charge in [-0.2, -0.15) is 0 Å². The summed E-state index contributed by atoms with van der Waals surface area (Å²) in [5, 5.41) is 0. The molecule has 0 radical (unpaired) electrons. The summed E-state index contributed by atoms with van der Waals surface area (Å²) in [5.74, 6) is -0.124. The lowest BCUT2D eigenvalue weighted by atomic mass is 10.1. The van der Waals surface area contributed by atoms with E-state index < -0.39 is 11.9 Å². The van der Waals surface area contributed by atoms with E-state index in [1.54, 1.807) is 24.3 Å². The number of para-hydroxylation sites is 2. The highest BCUT2D eigenvalue weighted by molar-refractivity contribution is 5.94. The van der Waals surface area contributed by atoms with E-state index in [-0.39, 0.29) is 0 Å². The first-order valence-electron chi connectivity index (χ1n) is 6.78. The predicted octanol–water partition coefficient (Wildman–Crippen LogP) is 3.09. The number of hydrogen-bond donors (Lipinski definition) is 0. The van der Waals surface area contributed by atoms with Crippen LogP contribution in [0.25, 0.3) is 0 Å². The summed E-state index contributed by atoms with van der Waals surface area (Å²) in [6.45, 7) is 2.33. The lowest BCUT2D eigenvalue weighted by Crippen LogP contribution is -2.10. The van der Waals surface area contributed by atoms with Gasteiger partial charge in [0.25, 0.3) is 0 Å². The zero-order valence-electron chi connectivity index (χ0n) is 12.4. The number of hydrogen-bond acceptors (Lipinski definition) is 5. The van der Waals surface area contributed by atoms with Crippen molar-refractivity contribution in [2.24, 2.45) is 0 Å². The van der Waals surface area contributed by atoms with Crippen LogP contribution in [-0.4, -0.2) is 25.7 Å². The van der Waals surface area contributed by atoms with Crippen LogP contribution in [0.3, 0.4) is 0 Å². The first-order valence-corrected chi connectivity index (χ1v) is 6.78. The van der Waals surface area contributed by atoms with Crippen LogP contribution in [0.5, 0.6) is 11.5 Å². The smallest absolute Gasteiger partial charge is 0.343 e. The lowest BCUT2D eigenvalue weighted by Gasteiger charge is -2.10. The zero-order chi connectivity index (χ0) is 15.9. The van der Waals surface area contributed by atoms with Crippen LogP contribution in [0, 0.1) is 0 Å². The number of carbonyl (C=O) groups is 2. The van der Waals surface area contributed by atoms with Gasteiger partial charge in [0.1, 0.15) is 0 Å². The molecule has 0 aliphatic heterocycles. The van der Waals surface area contributed by atoms with Crippen molar-refractivity contribution in [2.45, 2.75) is 6.92 Å². The van der Waals surface area contributed by atoms with Crippen molar-refractivity contribution in [3.05, 3.63) is 59.7 Å². The number of rotatable bonds is 5. The maximum absolute atomic E-state index is 12.1. The summed E-state index contributed by atoms with van der Waals surface area (Å²) in [7, 11) is 1.30. The molecule has 0 atom stereocenters. The van der Waals surface area contributed by atoms with Crippen molar-refractivity contribution in [3.8, 4) is 11.5 Å². The Morgan fingerprint density at radius 2 is 1.41 bits per heavy atom. The predicted molar refractivity (Wildman–Crippen MR) is 80.4 cm³/mol. The molecule has 114 valence electrons. The molecule has 0 N–H and O–H groups in total. The van der Waals surface area contributed by atoms with Crippen LogP contribution in [0.4, 0.5) is 0 Å². The average molecular weight is 300 g/mol. The largest absolute Gasteiger partial charge is 0.490 e. The van der Waals surface area contributed by atoms with Gasteiger partial charge in [0.05, 0.1) is 24.8 Å². The number of carbonyl (C=O) groups excluding carboxylic acids is 2. The van der Waals surface area contributed by atoms with Crippen LogP contribution in [0.1, 0.15) is 27.6 Å². The summed E-state index contributed by atoms with van der Waals surface area (Å²) in [6, 6.07) is 13.0. The van der Waals surface area contributed by atoms with Crippen molar-refractivity contribution in [2.75, 3.05) is 13.7 Å². The Bertz CT molecular complexity index is 661. The summed E-state index contributed by atoms with van der Waals surface area (Å²) in [6.07, 6.45) is 0. The Morgan fingerprint density at radius 3 is 1.95 bits per heavy atom. The van der Waals surface area contributed by atoms with E-state index >= 15 is 0 Å². The molecular weight excluding hydrogens is 284 g/mol. The molecule has 0 heterocycles. The average Bonchev–Trinajstić information content (AvgIpc) is 2.56. The number of ether oxygens (including phenoxy) is 3. The van der Waals surface area contributed by atoms with E-state index in [0.717, 1.165) is 0 Å². The Morgan fingerprint density at radius 1 is 0.864 bits per heavy atom. The minimum Gasteiger partial charge on any atom is -0.490 e. The molecule has 0 aromatic heterocycles. The molecule has 0 amide bonds. The van der Waals surface area contributed by atoms with E-state index in [9.17, 15) is 9.59 Å². The van der Waals surface area contributed by atoms with Crippen LogP contribution in [-0.2, 0) is 4.74 Å². The first-order chi connectivity index (χ1) is 10.7. The fraction of sp³-hybridized carbons (Fsp3) is 0.176. The maximum atomic E-state index is 12.1. The van der Waals surface area contributed by atoms with E-state index in [0.29, 0.717) is 29.2 Å². The third-order valence-electron chi connectivity index (χ3n) is 2.89. The molecule has 5 heteroatoms. The molecule has 0 bridgehead atoms. The summed E-state index contributed by atoms with van der Waals surface area (Å²) >= 11 is 0. The highest BCUT2D eigenvalue weighted by atomic mass is 16.6. The molecule has 0 fully saturated rings. The van der Waals surface area contributed by atoms with Crippen molar-refractivity contribution < 1.29 is 23.8 Å². The Kier molecular flexibility index (Phi) is 5.14. The molecule has 2 aromatic carbocycles. The second-order valence-corrected chi connectivity index (χ2v) is 4.34. The molecule has 0 unspecified atom stereocenters. The van der Waals surface area contributed by atoms with E-state index in [2.05, 4.69) is 4.74 Å². The molecule has 2 aromatic rings. The molecule has 0 saturated carbocycles. The Labute approximate surface area is 128 Å². The number of esters is 2. The minimum atomic E-state index is -0.524. The molecule has 5 nitrogen and oxygen atoms in total. The van der Waals surface area contributed by atoms with Gasteiger partial charge >= 0.3 is 11.9 Å². The van der Waals surface area contributed by atoms with Gasteiger partial charge in [-0.25, -0.2) is 9.59 Å². The Balaban J connectivity index is 2.14. The Hall–Kier alpha value is -2.82. The van der Waals surface area contributed by atoms with Crippen LogP contribution in [0.2, 0.25) is 0 Å². The third-order valence-corrected chi connectivity index (χ3v) is 2.89. The van der Waals surface area contributed by atoms with Crippen molar-refractivity contribution in [1.82, 2.24) is 0 Å². The topological polar surface area (TPSA) is 61.8 Å². The maximum Gasteiger partial charge on any atom is 0.343 e. The van der Waals surface area contributed by atoms with Crippen molar-refractivity contribution in [1.29, 1.82) is 0 Å². The summed E-state index contributed by atoms with van der Waals surface area (Å²) in [4.78, 5) is 23.5. The fourth-order valence-corrected chi connectivity index (χ4v) is 1.83. The highest BCUT2D eigenvalue weighted by Gasteiger charge is 2.13. The van der Waals surface area contributed by atoms with E-state index in [1.165, 1.54) is 31.4 Å². The molecule has 22 heavy (non-hydrogen) atoms. The SMILES string of the molecule is CCOc1ccccc1OC(=O)c1ccc(C(=O)OC)cc1. The van der Waals surface area contributed by atoms with Gasteiger partial charge < -0.3 is 14.2 Å². The first kappa shape index (κ1) is 15.6. The highest BCUT2D eigenvalue weighted by Crippen LogP contribution is 2.27. The second-order valence-electron chi connectivity index (χ2n) is 4.34. The standard InChI is InChI=1S/C17H16O5/c1-3-21-14-6-4-5-7-15(14)22-17(19)13-10-8-12(9-11-13)16(18)20-2/h4-11H,3H2,1-2H3. The van der Waals surface area contributed by atoms with E-state index in [1.807, 2.05) is 6.92 Å². The third kappa shape index (κ3) is 3.63. The second kappa shape index (κ2) is 7.26. The van der Waals surface area contributed by atoms with Gasteiger partial charge in [-0.1, -0.05) is 12.1 Å². The van der Waals surface area contributed by atoms with Crippen LogP contribution < -0.4 is 9.47 Å². The monoisotopic (exact) mass is 300 g/mol. The fourth-order valence-electron chi connectivity index (χ4n) is 1.83. The molecule has 0 saturated heterocycles. The molecule has 0 aliphatic carbocycles.